The fourth-order valence-electron chi connectivity index (χ4n) is 1.99. The Hall–Kier alpha value is -2.38. The average molecular weight is 381 g/mol. The summed E-state index contributed by atoms with van der Waals surface area (Å²) in [6.45, 7) is 1.85. The summed E-state index contributed by atoms with van der Waals surface area (Å²) >= 11 is 5.88. The topological polar surface area (TPSA) is 92.3 Å². The molecule has 0 unspecified atom stereocenters. The Balaban J connectivity index is 1.87. The fourth-order valence-corrected chi connectivity index (χ4v) is 3.45. The zero-order valence-electron chi connectivity index (χ0n) is 13.5. The third-order valence-electron chi connectivity index (χ3n) is 3.41. The molecule has 2 N–H and O–H groups in total. The van der Waals surface area contributed by atoms with Crippen molar-refractivity contribution in [2.45, 2.75) is 18.2 Å². The smallest absolute Gasteiger partial charge is 0.271 e. The molecule has 0 saturated heterocycles. The van der Waals surface area contributed by atoms with Crippen LogP contribution in [-0.4, -0.2) is 26.0 Å². The number of halogens is 1. The SMILES string of the molecule is Cc1ccc(S(=O)(=O)CCC(=O)NNC(=O)c2ccccc2Cl)cc1. The molecule has 2 rings (SSSR count). The number of sulfone groups is 1. The van der Waals surface area contributed by atoms with Gasteiger partial charge in [0.1, 0.15) is 0 Å². The van der Waals surface area contributed by atoms with E-state index in [4.69, 9.17) is 11.6 Å². The summed E-state index contributed by atoms with van der Waals surface area (Å²) in [7, 11) is -3.56. The molecule has 2 aromatic rings. The first-order chi connectivity index (χ1) is 11.8. The molecule has 0 radical (unpaired) electrons. The number of carbonyl (C=O) groups is 2. The Kier molecular flexibility index (Phi) is 6.17. The highest BCUT2D eigenvalue weighted by Gasteiger charge is 2.17. The molecule has 0 aliphatic rings. The maximum Gasteiger partial charge on any atom is 0.271 e. The molecule has 0 bridgehead atoms. The zero-order chi connectivity index (χ0) is 18.4. The summed E-state index contributed by atoms with van der Waals surface area (Å²) in [5, 5.41) is 0.246. The van der Waals surface area contributed by atoms with Gasteiger partial charge in [0.2, 0.25) is 5.91 Å². The minimum absolute atomic E-state index is 0.158. The van der Waals surface area contributed by atoms with Crippen molar-refractivity contribution in [1.82, 2.24) is 10.9 Å². The van der Waals surface area contributed by atoms with Crippen molar-refractivity contribution in [2.24, 2.45) is 0 Å². The Morgan fingerprint density at radius 2 is 1.64 bits per heavy atom. The first-order valence-corrected chi connectivity index (χ1v) is 9.46. The summed E-state index contributed by atoms with van der Waals surface area (Å²) < 4.78 is 24.3. The lowest BCUT2D eigenvalue weighted by atomic mass is 10.2. The van der Waals surface area contributed by atoms with Gasteiger partial charge in [0.05, 0.1) is 21.2 Å². The largest absolute Gasteiger partial charge is 0.273 e. The van der Waals surface area contributed by atoms with Crippen molar-refractivity contribution in [3.8, 4) is 0 Å². The number of benzene rings is 2. The highest BCUT2D eigenvalue weighted by atomic mass is 35.5. The van der Waals surface area contributed by atoms with Crippen LogP contribution in [0.4, 0.5) is 0 Å². The van der Waals surface area contributed by atoms with E-state index in [0.717, 1.165) is 5.56 Å². The van der Waals surface area contributed by atoms with Gasteiger partial charge in [-0.05, 0) is 31.2 Å². The van der Waals surface area contributed by atoms with Crippen LogP contribution in [-0.2, 0) is 14.6 Å². The van der Waals surface area contributed by atoms with Gasteiger partial charge in [-0.25, -0.2) is 8.42 Å². The van der Waals surface area contributed by atoms with Gasteiger partial charge in [0.15, 0.2) is 9.84 Å². The quantitative estimate of drug-likeness (QED) is 0.778. The lowest BCUT2D eigenvalue weighted by Gasteiger charge is -2.09. The van der Waals surface area contributed by atoms with Crippen LogP contribution in [0.1, 0.15) is 22.3 Å². The summed E-state index contributed by atoms with van der Waals surface area (Å²) in [4.78, 5) is 23.8. The molecular weight excluding hydrogens is 364 g/mol. The van der Waals surface area contributed by atoms with Crippen LogP contribution in [0.3, 0.4) is 0 Å². The molecule has 25 heavy (non-hydrogen) atoms. The van der Waals surface area contributed by atoms with E-state index in [-0.39, 0.29) is 27.7 Å². The van der Waals surface area contributed by atoms with Crippen LogP contribution in [0, 0.1) is 6.92 Å². The van der Waals surface area contributed by atoms with Crippen molar-refractivity contribution in [3.63, 3.8) is 0 Å². The Labute approximate surface area is 151 Å². The number of nitrogens with one attached hydrogen (secondary N) is 2. The molecule has 2 aromatic carbocycles. The second kappa shape index (κ2) is 8.13. The van der Waals surface area contributed by atoms with Gasteiger partial charge in [-0.1, -0.05) is 41.4 Å². The third-order valence-corrected chi connectivity index (χ3v) is 5.47. The van der Waals surface area contributed by atoms with Gasteiger partial charge in [0, 0.05) is 6.42 Å². The summed E-state index contributed by atoms with van der Waals surface area (Å²) in [6.07, 6.45) is -0.279. The normalized spacial score (nSPS) is 11.0. The van der Waals surface area contributed by atoms with E-state index in [9.17, 15) is 18.0 Å². The molecule has 0 fully saturated rings. The number of aryl methyl sites for hydroxylation is 1. The number of rotatable bonds is 5. The van der Waals surface area contributed by atoms with Crippen LogP contribution in [0.5, 0.6) is 0 Å². The van der Waals surface area contributed by atoms with Gasteiger partial charge < -0.3 is 0 Å². The Bertz CT molecular complexity index is 880. The second-order valence-electron chi connectivity index (χ2n) is 5.36. The predicted molar refractivity (Wildman–Crippen MR) is 94.9 cm³/mol. The lowest BCUT2D eigenvalue weighted by Crippen LogP contribution is -2.42. The monoisotopic (exact) mass is 380 g/mol. The maximum atomic E-state index is 12.2. The van der Waals surface area contributed by atoms with Crippen molar-refractivity contribution in [2.75, 3.05) is 5.75 Å². The lowest BCUT2D eigenvalue weighted by molar-refractivity contribution is -0.121. The van der Waals surface area contributed by atoms with Gasteiger partial charge in [-0.3, -0.25) is 20.4 Å². The number of carbonyl (C=O) groups excluding carboxylic acids is 2. The molecule has 0 heterocycles. The third kappa shape index (κ3) is 5.30. The Morgan fingerprint density at radius 1 is 1.00 bits per heavy atom. The number of hydrogen-bond acceptors (Lipinski definition) is 4. The van der Waals surface area contributed by atoms with Gasteiger partial charge in [-0.2, -0.15) is 0 Å². The van der Waals surface area contributed by atoms with E-state index >= 15 is 0 Å². The highest BCUT2D eigenvalue weighted by Crippen LogP contribution is 2.14. The molecule has 0 aromatic heterocycles. The maximum absolute atomic E-state index is 12.2. The Morgan fingerprint density at radius 3 is 2.28 bits per heavy atom. The van der Waals surface area contributed by atoms with E-state index in [0.29, 0.717) is 0 Å². The molecule has 0 aliphatic carbocycles. The van der Waals surface area contributed by atoms with Crippen molar-refractivity contribution < 1.29 is 18.0 Å². The van der Waals surface area contributed by atoms with Gasteiger partial charge in [-0.15, -0.1) is 0 Å². The van der Waals surface area contributed by atoms with E-state index in [2.05, 4.69) is 10.9 Å². The molecule has 8 heteroatoms. The molecular formula is C17H17ClN2O4S. The number of hydrazine groups is 1. The molecule has 0 spiro atoms. The highest BCUT2D eigenvalue weighted by molar-refractivity contribution is 7.91. The van der Waals surface area contributed by atoms with E-state index in [1.54, 1.807) is 30.3 Å². The molecule has 0 saturated carbocycles. The van der Waals surface area contributed by atoms with Crippen molar-refractivity contribution in [1.29, 1.82) is 0 Å². The van der Waals surface area contributed by atoms with Crippen LogP contribution in [0.15, 0.2) is 53.4 Å². The summed E-state index contributed by atoms with van der Waals surface area (Å²) in [5.41, 5.74) is 5.53. The molecule has 132 valence electrons. The summed E-state index contributed by atoms with van der Waals surface area (Å²) in [6, 6.07) is 12.7. The number of hydrogen-bond donors (Lipinski definition) is 2. The standard InChI is InChI=1S/C17H17ClN2O4S/c1-12-6-8-13(9-7-12)25(23,24)11-10-16(21)19-20-17(22)14-4-2-3-5-15(14)18/h2-9H,10-11H2,1H3,(H,19,21)(H,20,22). The second-order valence-corrected chi connectivity index (χ2v) is 7.88. The number of amides is 2. The van der Waals surface area contributed by atoms with Crippen LogP contribution in [0.25, 0.3) is 0 Å². The van der Waals surface area contributed by atoms with Crippen LogP contribution in [0.2, 0.25) is 5.02 Å². The predicted octanol–water partition coefficient (Wildman–Crippen LogP) is 2.27. The molecule has 6 nitrogen and oxygen atoms in total. The average Bonchev–Trinajstić information content (AvgIpc) is 2.59. The molecule has 2 amide bonds. The molecule has 0 aliphatic heterocycles. The van der Waals surface area contributed by atoms with Crippen molar-refractivity contribution >= 4 is 33.3 Å². The fraction of sp³-hybridized carbons (Fsp3) is 0.176. The summed E-state index contributed by atoms with van der Waals surface area (Å²) in [5.74, 6) is -1.56. The van der Waals surface area contributed by atoms with E-state index in [1.165, 1.54) is 18.2 Å². The zero-order valence-corrected chi connectivity index (χ0v) is 15.0. The van der Waals surface area contributed by atoms with Crippen LogP contribution < -0.4 is 10.9 Å². The van der Waals surface area contributed by atoms with Crippen molar-refractivity contribution in [3.05, 3.63) is 64.7 Å². The first kappa shape index (κ1) is 19.0. The first-order valence-electron chi connectivity index (χ1n) is 7.43. The van der Waals surface area contributed by atoms with Gasteiger partial charge in [0.25, 0.3) is 5.91 Å². The molecule has 0 atom stereocenters. The minimum atomic E-state index is -3.56. The minimum Gasteiger partial charge on any atom is -0.273 e. The van der Waals surface area contributed by atoms with E-state index < -0.39 is 21.7 Å². The van der Waals surface area contributed by atoms with E-state index in [1.807, 2.05) is 6.92 Å². The van der Waals surface area contributed by atoms with Crippen LogP contribution >= 0.6 is 11.6 Å². The van der Waals surface area contributed by atoms with Gasteiger partial charge >= 0.3 is 0 Å².